The molecule has 12 nitrogen and oxygen atoms in total. The molecule has 138 heavy (non-hydrogen) atoms. The third-order valence-electron chi connectivity index (χ3n) is 20.5. The number of aromatic hydroxyl groups is 4. The molecule has 0 aliphatic rings. The molecular weight excluding hydrogens is 2340 g/mol. The molecular formula is C116H119ClI3N3O9P4PdSn. The van der Waals surface area contributed by atoms with Gasteiger partial charge in [0.1, 0.15) is 23.0 Å². The molecule has 0 aliphatic carbocycles. The van der Waals surface area contributed by atoms with Crippen LogP contribution >= 0.6 is 107 Å². The van der Waals surface area contributed by atoms with Crippen LogP contribution in [0.5, 0.6) is 23.0 Å². The van der Waals surface area contributed by atoms with Gasteiger partial charge in [0.2, 0.25) is 0 Å². The van der Waals surface area contributed by atoms with Crippen molar-refractivity contribution in [2.45, 2.75) is 72.6 Å². The van der Waals surface area contributed by atoms with E-state index in [0.29, 0.717) is 34.8 Å². The second kappa shape index (κ2) is 72.3. The normalized spacial score (nSPS) is 10.2. The van der Waals surface area contributed by atoms with Crippen molar-refractivity contribution < 1.29 is 66.1 Å². The first kappa shape index (κ1) is 119. The summed E-state index contributed by atoms with van der Waals surface area (Å²) in [7, 11) is 2.82. The van der Waals surface area contributed by atoms with Crippen LogP contribution in [0.2, 0.25) is 13.3 Å². The minimum absolute atomic E-state index is 0. The zero-order valence-electron chi connectivity index (χ0n) is 77.4. The van der Waals surface area contributed by atoms with Crippen LogP contribution in [0, 0.1) is 7.14 Å². The van der Waals surface area contributed by atoms with Gasteiger partial charge in [-0.05, 0) is 216 Å². The van der Waals surface area contributed by atoms with Gasteiger partial charge in [0.25, 0.3) is 0 Å². The summed E-state index contributed by atoms with van der Waals surface area (Å²) in [5.74, 6) is 3.77. The van der Waals surface area contributed by atoms with E-state index in [1.165, 1.54) is 133 Å². The molecule has 0 amide bonds. The SMILES string of the molecule is C=Cc1ccc(O)c(/C=N/O)c1.C=[CH][Sn]([CH2]CCC)([CH2]CCC)[CH2]CCC.ClI.NO.O/N=C/c1cc(I)ccc1O.O=Cc1cc(I)ccc1O.O=Cc1ccccc1O.[Pd].c1ccc(P(c2ccccc2)c2ccccc2)cc1.c1ccc(P(c2ccccc2)c2ccccc2)cc1.c1ccc(P(c2ccccc2)c2ccccc2)cc1.c1ccc(P(c2ccccc2)c2ccccc2)cc1. The van der Waals surface area contributed by atoms with Gasteiger partial charge in [-0.25, -0.2) is 5.90 Å². The number of nitrogens with two attached hydrogens (primary N) is 1. The zero-order chi connectivity index (χ0) is 98.7. The van der Waals surface area contributed by atoms with Crippen molar-refractivity contribution in [3.05, 3.63) is 495 Å². The molecule has 16 aromatic carbocycles. The molecule has 0 fully saturated rings. The first-order chi connectivity index (χ1) is 67.1. The van der Waals surface area contributed by atoms with Gasteiger partial charge in [0, 0.05) is 60.2 Å². The predicted octanol–water partition coefficient (Wildman–Crippen LogP) is 26.9. The second-order valence-corrected chi connectivity index (χ2v) is 54.6. The topological polar surface area (TPSA) is 226 Å². The van der Waals surface area contributed by atoms with Crippen molar-refractivity contribution in [3.8, 4) is 23.0 Å². The average molecular weight is 2460 g/mol. The summed E-state index contributed by atoms with van der Waals surface area (Å²) in [6.45, 7) is 14.7. The molecule has 0 aliphatic heterocycles. The minimum atomic E-state index is -1.85. The molecule has 22 heteroatoms. The molecule has 0 heterocycles. The van der Waals surface area contributed by atoms with E-state index in [1.54, 1.807) is 102 Å². The summed E-state index contributed by atoms with van der Waals surface area (Å²) < 4.78 is 9.08. The van der Waals surface area contributed by atoms with E-state index >= 15 is 0 Å². The molecule has 0 unspecified atom stereocenters. The Hall–Kier alpha value is -9.94. The van der Waals surface area contributed by atoms with E-state index < -0.39 is 50.1 Å². The van der Waals surface area contributed by atoms with Crippen molar-refractivity contribution in [3.63, 3.8) is 0 Å². The molecule has 0 aromatic heterocycles. The number of aldehydes is 2. The van der Waals surface area contributed by atoms with E-state index in [0.717, 1.165) is 12.7 Å². The van der Waals surface area contributed by atoms with Gasteiger partial charge in [-0.1, -0.05) is 405 Å². The number of hydrogen-bond acceptors (Lipinski definition) is 12. The molecule has 0 saturated heterocycles. The van der Waals surface area contributed by atoms with Crippen LogP contribution in [0.4, 0.5) is 0 Å². The van der Waals surface area contributed by atoms with Gasteiger partial charge in [-0.3, -0.25) is 9.59 Å². The number of halogens is 4. The average Bonchev–Trinajstić information content (AvgIpc) is 0.828. The fourth-order valence-corrected chi connectivity index (χ4v) is 36.9. The smallest absolute Gasteiger partial charge is 0.153 e. The fraction of sp³-hybridized carbons (Fsp3) is 0.103. The number of para-hydroxylation sites is 1. The molecule has 9 N–H and O–H groups in total. The van der Waals surface area contributed by atoms with Crippen LogP contribution in [0.1, 0.15) is 96.7 Å². The molecule has 714 valence electrons. The van der Waals surface area contributed by atoms with Crippen molar-refractivity contribution in [2.24, 2.45) is 16.2 Å². The Labute approximate surface area is 883 Å². The second-order valence-electron chi connectivity index (χ2n) is 30.0. The molecule has 16 aromatic rings. The maximum Gasteiger partial charge on any atom is 0.153 e. The minimum Gasteiger partial charge on any atom is -0.507 e. The molecule has 0 bridgehead atoms. The number of phenolic OH excluding ortho intramolecular Hbond substituents is 4. The number of benzene rings is 16. The first-order valence-electron chi connectivity index (χ1n) is 44.4. The van der Waals surface area contributed by atoms with Crippen LogP contribution < -0.4 is 69.6 Å². The van der Waals surface area contributed by atoms with Gasteiger partial charge < -0.3 is 36.0 Å². The van der Waals surface area contributed by atoms with Crippen LogP contribution in [0.3, 0.4) is 0 Å². The van der Waals surface area contributed by atoms with Crippen LogP contribution in [0.15, 0.2) is 470 Å². The number of carbonyl (C=O) groups excluding carboxylic acids is 2. The zero-order valence-corrected chi connectivity index (χ0v) is 92.6. The Morgan fingerprint density at radius 3 is 0.681 bits per heavy atom. The number of carbonyl (C=O) groups is 2. The number of oxime groups is 2. The summed E-state index contributed by atoms with van der Waals surface area (Å²) in [4.78, 5) is 20.3. The van der Waals surface area contributed by atoms with Crippen LogP contribution in [0.25, 0.3) is 6.08 Å². The third-order valence-corrected chi connectivity index (χ3v) is 45.7. The summed E-state index contributed by atoms with van der Waals surface area (Å²) in [5.41, 5.74) is 2.52. The predicted molar refractivity (Wildman–Crippen MR) is 619 cm³/mol. The molecule has 0 spiro atoms. The van der Waals surface area contributed by atoms with Gasteiger partial charge in [0.05, 0.1) is 23.6 Å². The van der Waals surface area contributed by atoms with Crippen molar-refractivity contribution in [1.82, 2.24) is 0 Å². The Bertz CT molecular complexity index is 5150. The number of hydrogen-bond donors (Lipinski definition) is 8. The summed E-state index contributed by atoms with van der Waals surface area (Å²) >= 11 is 3.95. The summed E-state index contributed by atoms with van der Waals surface area (Å²) in [5, 5.41) is 81.6. The van der Waals surface area contributed by atoms with E-state index in [9.17, 15) is 14.7 Å². The van der Waals surface area contributed by atoms with Gasteiger partial charge >= 0.3 is 102 Å². The Morgan fingerprint density at radius 1 is 0.297 bits per heavy atom. The number of unbranched alkanes of at least 4 members (excludes halogenated alkanes) is 3. The Kier molecular flexibility index (Phi) is 62.1. The molecule has 0 saturated carbocycles. The molecule has 16 rings (SSSR count). The molecule has 0 radical (unpaired) electrons. The van der Waals surface area contributed by atoms with Gasteiger partial charge in [0.15, 0.2) is 12.6 Å². The monoisotopic (exact) mass is 2460 g/mol. The molecule has 0 atom stereocenters. The van der Waals surface area contributed by atoms with E-state index in [2.05, 4.69) is 472 Å². The van der Waals surface area contributed by atoms with E-state index in [1.807, 2.05) is 0 Å². The third kappa shape index (κ3) is 43.0. The largest absolute Gasteiger partial charge is 0.507 e. The van der Waals surface area contributed by atoms with Crippen LogP contribution in [-0.4, -0.2) is 79.4 Å². The van der Waals surface area contributed by atoms with Crippen LogP contribution in [-0.2, 0) is 20.4 Å². The maximum absolute atomic E-state index is 10.2. The number of nitrogens with zero attached hydrogens (tertiary/aromatic N) is 2. The first-order valence-corrected chi connectivity index (χ1v) is 62.4. The summed E-state index contributed by atoms with van der Waals surface area (Å²) in [6.07, 6.45) is 13.7. The quantitative estimate of drug-likeness (QED) is 0.00462. The number of rotatable bonds is 27. The summed E-state index contributed by atoms with van der Waals surface area (Å²) in [6, 6.07) is 151. The maximum atomic E-state index is 10.2. The fourth-order valence-electron chi connectivity index (χ4n) is 13.7. The Balaban J connectivity index is 0.000000276. The van der Waals surface area contributed by atoms with Crippen molar-refractivity contribution in [2.75, 3.05) is 0 Å². The number of phenols is 4. The van der Waals surface area contributed by atoms with Crippen molar-refractivity contribution >= 4 is 220 Å². The van der Waals surface area contributed by atoms with E-state index in [4.69, 9.17) is 30.9 Å². The van der Waals surface area contributed by atoms with Gasteiger partial charge in [-0.2, -0.15) is 0 Å². The standard InChI is InChI=1S/4C18H15P.C9H9NO2.C7H6INO2.C7H5IO2.C7H6O2.3C4H9.C2H3.ClI.H3NO.Pd.Sn/c4*1-4-10-16(11-5-1)19(17-12-6-2-7-13-17)18-14-8-3-9-15-18;1-2-7-3-4-9(11)8(5-7)6-10-12;8-6-1-2-7(10)5(3-6)4-9-11;8-6-1-2-7(10)5(3-6)4-9;8-5-6-3-1-2-4-7(6)9;3*1-3-4-2;3*1-2;;/h4*1-15H;2-6,11-12H,1H2;1-4,10-11H;1-4,10H;1-5,9H;3*1,3-4H2,2H3;1H,2H2;;2H,1H2;;/b;;;;10-6+;9-4+;;;;;;;;;;. The van der Waals surface area contributed by atoms with Gasteiger partial charge in [-0.15, -0.1) is 0 Å². The van der Waals surface area contributed by atoms with E-state index in [-0.39, 0.29) is 43.4 Å². The van der Waals surface area contributed by atoms with Crippen molar-refractivity contribution in [1.29, 1.82) is 0 Å². The Morgan fingerprint density at radius 2 is 0.493 bits per heavy atom.